The van der Waals surface area contributed by atoms with Crippen LogP contribution in [0, 0.1) is 13.8 Å². The highest BCUT2D eigenvalue weighted by Gasteiger charge is 2.12. The predicted molar refractivity (Wildman–Crippen MR) is 96.6 cm³/mol. The van der Waals surface area contributed by atoms with Gasteiger partial charge in [-0.1, -0.05) is 24.3 Å². The SMILES string of the molecule is Cc1ccc(CC(=O)OCC(=O)Nc2cccc3nsnc23)cc1C. The molecule has 7 heteroatoms. The number of anilines is 1. The van der Waals surface area contributed by atoms with Crippen molar-refractivity contribution in [2.45, 2.75) is 20.3 Å². The smallest absolute Gasteiger partial charge is 0.310 e. The molecular weight excluding hydrogens is 338 g/mol. The molecule has 1 N–H and O–H groups in total. The van der Waals surface area contributed by atoms with Crippen molar-refractivity contribution in [3.63, 3.8) is 0 Å². The van der Waals surface area contributed by atoms with Crippen molar-refractivity contribution in [1.29, 1.82) is 0 Å². The summed E-state index contributed by atoms with van der Waals surface area (Å²) in [5.74, 6) is -0.846. The Morgan fingerprint density at radius 3 is 2.76 bits per heavy atom. The maximum Gasteiger partial charge on any atom is 0.310 e. The molecule has 0 spiro atoms. The first kappa shape index (κ1) is 17.0. The number of nitrogens with one attached hydrogen (secondary N) is 1. The maximum atomic E-state index is 12.0. The first-order chi connectivity index (χ1) is 12.0. The number of aryl methyl sites for hydroxylation is 2. The van der Waals surface area contributed by atoms with E-state index in [0.717, 1.165) is 28.4 Å². The Hall–Kier alpha value is -2.80. The third-order valence-corrected chi connectivity index (χ3v) is 4.39. The average molecular weight is 355 g/mol. The van der Waals surface area contributed by atoms with Crippen LogP contribution in [0.5, 0.6) is 0 Å². The van der Waals surface area contributed by atoms with Gasteiger partial charge in [-0.15, -0.1) is 0 Å². The number of carbonyl (C=O) groups is 2. The normalized spacial score (nSPS) is 10.6. The summed E-state index contributed by atoms with van der Waals surface area (Å²) in [6.07, 6.45) is 0.139. The number of aromatic nitrogens is 2. The summed E-state index contributed by atoms with van der Waals surface area (Å²) < 4.78 is 13.3. The minimum Gasteiger partial charge on any atom is -0.455 e. The molecule has 128 valence electrons. The van der Waals surface area contributed by atoms with Crippen LogP contribution in [0.3, 0.4) is 0 Å². The van der Waals surface area contributed by atoms with Crippen molar-refractivity contribution in [2.75, 3.05) is 11.9 Å². The summed E-state index contributed by atoms with van der Waals surface area (Å²) in [5, 5.41) is 2.69. The van der Waals surface area contributed by atoms with Crippen LogP contribution in [0.15, 0.2) is 36.4 Å². The second-order valence-corrected chi connectivity index (χ2v) is 6.27. The lowest BCUT2D eigenvalue weighted by molar-refractivity contribution is -0.146. The Bertz CT molecular complexity index is 936. The van der Waals surface area contributed by atoms with Crippen LogP contribution in [0.4, 0.5) is 5.69 Å². The van der Waals surface area contributed by atoms with Crippen LogP contribution < -0.4 is 5.32 Å². The van der Waals surface area contributed by atoms with Crippen LogP contribution in [0.25, 0.3) is 11.0 Å². The van der Waals surface area contributed by atoms with Gasteiger partial charge in [-0.25, -0.2) is 0 Å². The summed E-state index contributed by atoms with van der Waals surface area (Å²) in [5.41, 5.74) is 5.06. The molecule has 3 aromatic rings. The number of hydrogen-bond acceptors (Lipinski definition) is 6. The first-order valence-corrected chi connectivity index (χ1v) is 8.49. The van der Waals surface area contributed by atoms with Gasteiger partial charge in [0.05, 0.1) is 23.8 Å². The molecule has 0 unspecified atom stereocenters. The van der Waals surface area contributed by atoms with Gasteiger partial charge in [0, 0.05) is 0 Å². The molecule has 2 aromatic carbocycles. The Morgan fingerprint density at radius 1 is 1.12 bits per heavy atom. The fourth-order valence-corrected chi connectivity index (χ4v) is 2.92. The van der Waals surface area contributed by atoms with E-state index in [1.807, 2.05) is 38.1 Å². The van der Waals surface area contributed by atoms with Gasteiger partial charge in [0.2, 0.25) is 0 Å². The molecule has 0 saturated carbocycles. The highest BCUT2D eigenvalue weighted by Crippen LogP contribution is 2.20. The lowest BCUT2D eigenvalue weighted by Gasteiger charge is -2.08. The molecule has 25 heavy (non-hydrogen) atoms. The summed E-state index contributed by atoms with van der Waals surface area (Å²) in [6.45, 7) is 3.67. The van der Waals surface area contributed by atoms with Crippen molar-refractivity contribution in [2.24, 2.45) is 0 Å². The lowest BCUT2D eigenvalue weighted by Crippen LogP contribution is -2.21. The zero-order valence-corrected chi connectivity index (χ0v) is 14.7. The number of ether oxygens (including phenoxy) is 1. The minimum absolute atomic E-state index is 0.139. The Kier molecular flexibility index (Phi) is 5.04. The van der Waals surface area contributed by atoms with Gasteiger partial charge >= 0.3 is 5.97 Å². The van der Waals surface area contributed by atoms with Crippen LogP contribution in [0.1, 0.15) is 16.7 Å². The van der Waals surface area contributed by atoms with Gasteiger partial charge in [-0.3, -0.25) is 9.59 Å². The van der Waals surface area contributed by atoms with Crippen molar-refractivity contribution >= 4 is 40.3 Å². The number of fused-ring (bicyclic) bond motifs is 1. The maximum absolute atomic E-state index is 12.0. The van der Waals surface area contributed by atoms with Gasteiger partial charge in [-0.2, -0.15) is 8.75 Å². The fraction of sp³-hybridized carbons (Fsp3) is 0.222. The molecule has 0 fully saturated rings. The van der Waals surface area contributed by atoms with E-state index in [9.17, 15) is 9.59 Å². The molecule has 0 aliphatic rings. The van der Waals surface area contributed by atoms with Crippen molar-refractivity contribution < 1.29 is 14.3 Å². The number of hydrogen-bond donors (Lipinski definition) is 1. The summed E-state index contributed by atoms with van der Waals surface area (Å²) >= 11 is 1.08. The Labute approximate surface area is 149 Å². The molecule has 0 bridgehead atoms. The number of carbonyl (C=O) groups excluding carboxylic acids is 2. The molecule has 0 radical (unpaired) electrons. The monoisotopic (exact) mass is 355 g/mol. The van der Waals surface area contributed by atoms with Crippen molar-refractivity contribution in [1.82, 2.24) is 8.75 Å². The molecular formula is C18H17N3O3S. The molecule has 0 saturated heterocycles. The zero-order valence-electron chi connectivity index (χ0n) is 13.9. The van der Waals surface area contributed by atoms with E-state index in [-0.39, 0.29) is 13.0 Å². The quantitative estimate of drug-likeness (QED) is 0.712. The van der Waals surface area contributed by atoms with Crippen LogP contribution >= 0.6 is 11.7 Å². The van der Waals surface area contributed by atoms with Gasteiger partial charge in [0.15, 0.2) is 6.61 Å². The summed E-state index contributed by atoms with van der Waals surface area (Å²) in [4.78, 5) is 23.9. The van der Waals surface area contributed by atoms with E-state index >= 15 is 0 Å². The molecule has 3 rings (SSSR count). The summed E-state index contributed by atoms with van der Waals surface area (Å²) in [6, 6.07) is 11.1. The second kappa shape index (κ2) is 7.40. The van der Waals surface area contributed by atoms with E-state index in [1.54, 1.807) is 12.1 Å². The molecule has 1 heterocycles. The highest BCUT2D eigenvalue weighted by molar-refractivity contribution is 7.00. The Balaban J connectivity index is 1.54. The topological polar surface area (TPSA) is 81.2 Å². The van der Waals surface area contributed by atoms with E-state index in [4.69, 9.17) is 4.74 Å². The molecule has 0 atom stereocenters. The number of esters is 1. The zero-order chi connectivity index (χ0) is 17.8. The van der Waals surface area contributed by atoms with E-state index in [2.05, 4.69) is 14.1 Å². The molecule has 6 nitrogen and oxygen atoms in total. The molecule has 0 aliphatic heterocycles. The van der Waals surface area contributed by atoms with E-state index in [1.165, 1.54) is 5.56 Å². The average Bonchev–Trinajstić information content (AvgIpc) is 3.06. The lowest BCUT2D eigenvalue weighted by atomic mass is 10.0. The number of nitrogens with zero attached hydrogens (tertiary/aromatic N) is 2. The predicted octanol–water partition coefficient (Wildman–Crippen LogP) is 3.03. The molecule has 0 aliphatic carbocycles. The van der Waals surface area contributed by atoms with Gasteiger partial charge < -0.3 is 10.1 Å². The number of benzene rings is 2. The van der Waals surface area contributed by atoms with Gasteiger partial charge in [0.25, 0.3) is 5.91 Å². The molecule has 1 aromatic heterocycles. The standard InChI is InChI=1S/C18H17N3O3S/c1-11-6-7-13(8-12(11)2)9-17(23)24-10-16(22)19-14-4-3-5-15-18(14)21-25-20-15/h3-8H,9-10H2,1-2H3,(H,19,22). The van der Waals surface area contributed by atoms with Crippen molar-refractivity contribution in [3.05, 3.63) is 53.1 Å². The van der Waals surface area contributed by atoms with E-state index in [0.29, 0.717) is 11.2 Å². The van der Waals surface area contributed by atoms with Gasteiger partial charge in [-0.05, 0) is 42.7 Å². The highest BCUT2D eigenvalue weighted by atomic mass is 32.1. The third kappa shape index (κ3) is 4.19. The largest absolute Gasteiger partial charge is 0.455 e. The minimum atomic E-state index is -0.438. The number of rotatable bonds is 5. The van der Waals surface area contributed by atoms with Crippen LogP contribution in [0.2, 0.25) is 0 Å². The Morgan fingerprint density at radius 2 is 1.96 bits per heavy atom. The molecule has 1 amide bonds. The van der Waals surface area contributed by atoms with E-state index < -0.39 is 11.9 Å². The third-order valence-electron chi connectivity index (χ3n) is 3.84. The number of amides is 1. The van der Waals surface area contributed by atoms with Crippen LogP contribution in [-0.2, 0) is 20.7 Å². The van der Waals surface area contributed by atoms with Crippen LogP contribution in [-0.4, -0.2) is 27.2 Å². The first-order valence-electron chi connectivity index (χ1n) is 7.76. The summed E-state index contributed by atoms with van der Waals surface area (Å²) in [7, 11) is 0. The van der Waals surface area contributed by atoms with Crippen molar-refractivity contribution in [3.8, 4) is 0 Å². The second-order valence-electron chi connectivity index (χ2n) is 5.74. The van der Waals surface area contributed by atoms with Gasteiger partial charge in [0.1, 0.15) is 11.0 Å². The fourth-order valence-electron chi connectivity index (χ4n) is 2.37.